The van der Waals surface area contributed by atoms with E-state index in [-0.39, 0.29) is 19.1 Å². The minimum absolute atomic E-state index is 0. The summed E-state index contributed by atoms with van der Waals surface area (Å²) in [6.07, 6.45) is 3.52. The van der Waals surface area contributed by atoms with Crippen LogP contribution in [0.3, 0.4) is 0 Å². The third-order valence-electron chi connectivity index (χ3n) is 0.748. The predicted molar refractivity (Wildman–Crippen MR) is 31.3 cm³/mol. The van der Waals surface area contributed by atoms with Crippen molar-refractivity contribution in [2.75, 3.05) is 13.3 Å². The first-order valence-corrected chi connectivity index (χ1v) is 2.10. The molecule has 0 spiro atoms. The summed E-state index contributed by atoms with van der Waals surface area (Å²) in [5.41, 5.74) is 0. The summed E-state index contributed by atoms with van der Waals surface area (Å²) in [6.45, 7) is 0.525. The number of hydroxylamine groups is 2. The minimum atomic E-state index is -0.0590. The maximum atomic E-state index is 8.32. The lowest BCUT2D eigenvalue weighted by Crippen LogP contribution is -2.13. The van der Waals surface area contributed by atoms with E-state index in [9.17, 15) is 0 Å². The van der Waals surface area contributed by atoms with Gasteiger partial charge in [-0.1, -0.05) is 0 Å². The standard InChI is InChI=1S/C4H7NO2.ClH/c6-4-5-2-1-3-7-5;/h1-2,6H,3-4H2;1H. The van der Waals surface area contributed by atoms with Gasteiger partial charge in [-0.15, -0.1) is 12.4 Å². The van der Waals surface area contributed by atoms with Gasteiger partial charge in [0, 0.05) is 6.20 Å². The third kappa shape index (κ3) is 1.69. The van der Waals surface area contributed by atoms with Crippen molar-refractivity contribution in [1.82, 2.24) is 5.06 Å². The first kappa shape index (κ1) is 7.75. The van der Waals surface area contributed by atoms with Crippen molar-refractivity contribution >= 4 is 12.4 Å². The molecule has 0 saturated carbocycles. The van der Waals surface area contributed by atoms with Gasteiger partial charge in [-0.05, 0) is 6.08 Å². The lowest BCUT2D eigenvalue weighted by atomic mass is 10.7. The highest BCUT2D eigenvalue weighted by atomic mass is 35.5. The maximum absolute atomic E-state index is 8.32. The fraction of sp³-hybridized carbons (Fsp3) is 0.500. The molecular weight excluding hydrogens is 130 g/mol. The molecule has 48 valence electrons. The predicted octanol–water partition coefficient (Wildman–Crippen LogP) is 0.119. The molecule has 0 aromatic rings. The Morgan fingerprint density at radius 1 is 1.75 bits per heavy atom. The van der Waals surface area contributed by atoms with Crippen molar-refractivity contribution in [3.8, 4) is 0 Å². The maximum Gasteiger partial charge on any atom is 0.139 e. The van der Waals surface area contributed by atoms with Crippen LogP contribution in [0.1, 0.15) is 0 Å². The molecule has 3 nitrogen and oxygen atoms in total. The molecule has 8 heavy (non-hydrogen) atoms. The van der Waals surface area contributed by atoms with Crippen molar-refractivity contribution in [1.29, 1.82) is 0 Å². The van der Waals surface area contributed by atoms with Crippen LogP contribution in [0, 0.1) is 0 Å². The summed E-state index contributed by atoms with van der Waals surface area (Å²) >= 11 is 0. The van der Waals surface area contributed by atoms with Gasteiger partial charge < -0.3 is 5.11 Å². The van der Waals surface area contributed by atoms with Crippen LogP contribution < -0.4 is 0 Å². The molecule has 1 rings (SSSR count). The van der Waals surface area contributed by atoms with Gasteiger partial charge in [-0.3, -0.25) is 4.84 Å². The molecule has 1 aliphatic rings. The van der Waals surface area contributed by atoms with Gasteiger partial charge in [0.2, 0.25) is 0 Å². The Bertz CT molecular complexity index is 86.1. The van der Waals surface area contributed by atoms with Crippen LogP contribution in [0.2, 0.25) is 0 Å². The fourth-order valence-electron chi connectivity index (χ4n) is 0.430. The highest BCUT2D eigenvalue weighted by molar-refractivity contribution is 5.85. The second-order valence-electron chi connectivity index (χ2n) is 1.24. The molecular formula is C4H8ClNO2. The Hall–Kier alpha value is -0.250. The number of aliphatic hydroxyl groups is 1. The van der Waals surface area contributed by atoms with Gasteiger partial charge in [0.25, 0.3) is 0 Å². The van der Waals surface area contributed by atoms with Gasteiger partial charge >= 0.3 is 0 Å². The second-order valence-corrected chi connectivity index (χ2v) is 1.24. The number of halogens is 1. The van der Waals surface area contributed by atoms with Gasteiger partial charge in [0.05, 0.1) is 6.61 Å². The first-order chi connectivity index (χ1) is 3.43. The van der Waals surface area contributed by atoms with Crippen molar-refractivity contribution < 1.29 is 9.94 Å². The molecule has 0 bridgehead atoms. The van der Waals surface area contributed by atoms with Crippen molar-refractivity contribution in [2.45, 2.75) is 0 Å². The molecule has 0 aromatic heterocycles. The van der Waals surface area contributed by atoms with E-state index in [1.54, 1.807) is 6.20 Å². The zero-order chi connectivity index (χ0) is 5.11. The zero-order valence-electron chi connectivity index (χ0n) is 4.28. The molecule has 0 radical (unpaired) electrons. The summed E-state index contributed by atoms with van der Waals surface area (Å²) in [5, 5.41) is 9.68. The van der Waals surface area contributed by atoms with Crippen molar-refractivity contribution in [2.24, 2.45) is 0 Å². The Morgan fingerprint density at radius 3 is 2.75 bits per heavy atom. The van der Waals surface area contributed by atoms with Crippen LogP contribution in [0.5, 0.6) is 0 Å². The Labute approximate surface area is 53.9 Å². The van der Waals surface area contributed by atoms with Gasteiger partial charge in [0.1, 0.15) is 6.73 Å². The van der Waals surface area contributed by atoms with Gasteiger partial charge in [-0.2, -0.15) is 0 Å². The highest BCUT2D eigenvalue weighted by Crippen LogP contribution is 1.96. The van der Waals surface area contributed by atoms with Crippen LogP contribution in [0.25, 0.3) is 0 Å². The highest BCUT2D eigenvalue weighted by Gasteiger charge is 1.99. The average molecular weight is 138 g/mol. The van der Waals surface area contributed by atoms with Crippen LogP contribution in [0.4, 0.5) is 0 Å². The van der Waals surface area contributed by atoms with E-state index in [4.69, 9.17) is 9.94 Å². The molecule has 1 N–H and O–H groups in total. The lowest BCUT2D eigenvalue weighted by molar-refractivity contribution is -0.134. The number of hydrogen-bond donors (Lipinski definition) is 1. The number of hydrogen-bond acceptors (Lipinski definition) is 3. The molecule has 0 amide bonds. The Balaban J connectivity index is 0.000000490. The van der Waals surface area contributed by atoms with E-state index >= 15 is 0 Å². The van der Waals surface area contributed by atoms with E-state index in [1.807, 2.05) is 6.08 Å². The fourth-order valence-corrected chi connectivity index (χ4v) is 0.430. The van der Waals surface area contributed by atoms with Gasteiger partial charge in [-0.25, -0.2) is 5.06 Å². The monoisotopic (exact) mass is 137 g/mol. The van der Waals surface area contributed by atoms with Crippen LogP contribution in [-0.2, 0) is 4.84 Å². The summed E-state index contributed by atoms with van der Waals surface area (Å²) in [7, 11) is 0. The summed E-state index contributed by atoms with van der Waals surface area (Å²) in [6, 6.07) is 0. The molecule has 0 unspecified atom stereocenters. The van der Waals surface area contributed by atoms with E-state index < -0.39 is 0 Å². The normalized spacial score (nSPS) is 16.4. The summed E-state index contributed by atoms with van der Waals surface area (Å²) in [5.74, 6) is 0. The molecule has 1 aliphatic heterocycles. The van der Waals surface area contributed by atoms with E-state index in [2.05, 4.69) is 0 Å². The van der Waals surface area contributed by atoms with E-state index in [1.165, 1.54) is 5.06 Å². The van der Waals surface area contributed by atoms with Crippen LogP contribution >= 0.6 is 12.4 Å². The minimum Gasteiger partial charge on any atom is -0.374 e. The quantitative estimate of drug-likeness (QED) is 0.557. The largest absolute Gasteiger partial charge is 0.374 e. The molecule has 0 saturated heterocycles. The number of nitrogens with zero attached hydrogens (tertiary/aromatic N) is 1. The first-order valence-electron chi connectivity index (χ1n) is 2.10. The average Bonchev–Trinajstić information content (AvgIpc) is 2.14. The molecule has 0 aromatic carbocycles. The lowest BCUT2D eigenvalue weighted by Gasteiger charge is -2.07. The van der Waals surface area contributed by atoms with E-state index in [0.29, 0.717) is 6.61 Å². The van der Waals surface area contributed by atoms with Crippen LogP contribution in [-0.4, -0.2) is 23.5 Å². The van der Waals surface area contributed by atoms with Crippen molar-refractivity contribution in [3.05, 3.63) is 12.3 Å². The topological polar surface area (TPSA) is 32.7 Å². The van der Waals surface area contributed by atoms with Crippen molar-refractivity contribution in [3.63, 3.8) is 0 Å². The van der Waals surface area contributed by atoms with Crippen LogP contribution in [0.15, 0.2) is 12.3 Å². The Kier molecular flexibility index (Phi) is 3.60. The van der Waals surface area contributed by atoms with Gasteiger partial charge in [0.15, 0.2) is 0 Å². The van der Waals surface area contributed by atoms with E-state index in [0.717, 1.165) is 0 Å². The summed E-state index contributed by atoms with van der Waals surface area (Å²) < 4.78 is 0. The zero-order valence-corrected chi connectivity index (χ0v) is 5.10. The SMILES string of the molecule is Cl.OCN1C=CCO1. The molecule has 0 fully saturated rings. The molecule has 1 heterocycles. The third-order valence-corrected chi connectivity index (χ3v) is 0.748. The molecule has 0 aliphatic carbocycles. The Morgan fingerprint density at radius 2 is 2.50 bits per heavy atom. The molecule has 4 heteroatoms. The second kappa shape index (κ2) is 3.72. The smallest absolute Gasteiger partial charge is 0.139 e. The molecule has 0 atom stereocenters. The number of aliphatic hydroxyl groups excluding tert-OH is 1. The number of rotatable bonds is 1. The summed E-state index contributed by atoms with van der Waals surface area (Å²) in [4.78, 5) is 4.77.